The molecule has 0 heterocycles. The Kier molecular flexibility index (Phi) is 4.02. The summed E-state index contributed by atoms with van der Waals surface area (Å²) in [5.74, 6) is -4.05. The summed E-state index contributed by atoms with van der Waals surface area (Å²) in [5, 5.41) is 2.11. The van der Waals surface area contributed by atoms with Crippen molar-refractivity contribution in [1.82, 2.24) is 0 Å². The van der Waals surface area contributed by atoms with E-state index < -0.39 is 29.0 Å². The number of benzene rings is 2. The second-order valence-electron chi connectivity index (χ2n) is 4.13. The van der Waals surface area contributed by atoms with Crippen LogP contribution in [0.1, 0.15) is 10.4 Å². The predicted molar refractivity (Wildman–Crippen MR) is 71.7 cm³/mol. The van der Waals surface area contributed by atoms with Crippen LogP contribution in [-0.4, -0.2) is 13.0 Å². The number of carbonyl (C=O) groups excluding carboxylic acids is 1. The molecule has 0 aliphatic carbocycles. The maximum absolute atomic E-state index is 13.6. The normalized spacial score (nSPS) is 10.3. The molecule has 0 spiro atoms. The highest BCUT2D eigenvalue weighted by Crippen LogP contribution is 2.25. The lowest BCUT2D eigenvalue weighted by Crippen LogP contribution is -2.15. The van der Waals surface area contributed by atoms with Gasteiger partial charge in [0.25, 0.3) is 5.91 Å². The molecule has 110 valence electrons. The fraction of sp³-hybridized carbons (Fsp3) is 0.0714. The average molecular weight is 296 g/mol. The summed E-state index contributed by atoms with van der Waals surface area (Å²) < 4.78 is 44.9. The standard InChI is InChI=1S/C14H11F3N2O2/c1-21-11-5-2-7(6-9(11)16)14(20)19-13-10(18)4-3-8(15)12(13)17/h2-6H,18H2,1H3,(H,19,20). The first kappa shape index (κ1) is 14.7. The number of anilines is 2. The highest BCUT2D eigenvalue weighted by atomic mass is 19.2. The molecule has 7 heteroatoms. The van der Waals surface area contributed by atoms with Crippen molar-refractivity contribution in [1.29, 1.82) is 0 Å². The Balaban J connectivity index is 2.30. The van der Waals surface area contributed by atoms with Gasteiger partial charge in [0.1, 0.15) is 5.69 Å². The van der Waals surface area contributed by atoms with Crippen LogP contribution in [0.2, 0.25) is 0 Å². The number of methoxy groups -OCH3 is 1. The number of nitrogens with one attached hydrogen (secondary N) is 1. The molecule has 0 unspecified atom stereocenters. The van der Waals surface area contributed by atoms with Gasteiger partial charge in [-0.05, 0) is 30.3 Å². The van der Waals surface area contributed by atoms with E-state index >= 15 is 0 Å². The second-order valence-corrected chi connectivity index (χ2v) is 4.13. The molecule has 21 heavy (non-hydrogen) atoms. The predicted octanol–water partition coefficient (Wildman–Crippen LogP) is 2.95. The Morgan fingerprint density at radius 2 is 1.86 bits per heavy atom. The molecule has 0 bridgehead atoms. The lowest BCUT2D eigenvalue weighted by molar-refractivity contribution is 0.102. The molecule has 0 fully saturated rings. The number of hydrogen-bond acceptors (Lipinski definition) is 3. The third kappa shape index (κ3) is 2.91. The summed E-state index contributed by atoms with van der Waals surface area (Å²) in [7, 11) is 1.28. The molecule has 0 saturated carbocycles. The minimum atomic E-state index is -1.28. The van der Waals surface area contributed by atoms with Crippen molar-refractivity contribution in [2.75, 3.05) is 18.2 Å². The van der Waals surface area contributed by atoms with Crippen molar-refractivity contribution in [2.45, 2.75) is 0 Å². The third-order valence-corrected chi connectivity index (χ3v) is 2.78. The Bertz CT molecular complexity index is 705. The molecule has 0 aliphatic heterocycles. The van der Waals surface area contributed by atoms with Crippen molar-refractivity contribution in [3.05, 3.63) is 53.3 Å². The fourth-order valence-corrected chi connectivity index (χ4v) is 1.69. The van der Waals surface area contributed by atoms with Crippen LogP contribution < -0.4 is 15.8 Å². The van der Waals surface area contributed by atoms with Crippen molar-refractivity contribution < 1.29 is 22.7 Å². The summed E-state index contributed by atoms with van der Waals surface area (Å²) >= 11 is 0. The molecule has 2 rings (SSSR count). The Morgan fingerprint density at radius 1 is 1.14 bits per heavy atom. The molecule has 0 saturated heterocycles. The van der Waals surface area contributed by atoms with Gasteiger partial charge in [0.05, 0.1) is 12.8 Å². The van der Waals surface area contributed by atoms with E-state index in [2.05, 4.69) is 5.32 Å². The zero-order chi connectivity index (χ0) is 15.6. The van der Waals surface area contributed by atoms with E-state index in [-0.39, 0.29) is 17.0 Å². The highest BCUT2D eigenvalue weighted by molar-refractivity contribution is 6.05. The van der Waals surface area contributed by atoms with Crippen LogP contribution in [-0.2, 0) is 0 Å². The zero-order valence-electron chi connectivity index (χ0n) is 10.9. The second kappa shape index (κ2) is 5.74. The first-order valence-corrected chi connectivity index (χ1v) is 5.82. The first-order valence-electron chi connectivity index (χ1n) is 5.82. The van der Waals surface area contributed by atoms with Gasteiger partial charge >= 0.3 is 0 Å². The maximum Gasteiger partial charge on any atom is 0.255 e. The first-order chi connectivity index (χ1) is 9.93. The van der Waals surface area contributed by atoms with Crippen LogP contribution in [0.25, 0.3) is 0 Å². The van der Waals surface area contributed by atoms with E-state index in [9.17, 15) is 18.0 Å². The third-order valence-electron chi connectivity index (χ3n) is 2.78. The number of amides is 1. The largest absolute Gasteiger partial charge is 0.494 e. The number of carbonyl (C=O) groups is 1. The molecule has 0 aromatic heterocycles. The fourth-order valence-electron chi connectivity index (χ4n) is 1.69. The van der Waals surface area contributed by atoms with Gasteiger partial charge in [0.2, 0.25) is 0 Å². The van der Waals surface area contributed by atoms with Crippen molar-refractivity contribution in [3.63, 3.8) is 0 Å². The zero-order valence-corrected chi connectivity index (χ0v) is 10.9. The van der Waals surface area contributed by atoms with Crippen molar-refractivity contribution >= 4 is 17.3 Å². The number of rotatable bonds is 3. The van der Waals surface area contributed by atoms with Gasteiger partial charge in [-0.25, -0.2) is 13.2 Å². The van der Waals surface area contributed by atoms with E-state index in [1.54, 1.807) is 0 Å². The number of ether oxygens (including phenoxy) is 1. The van der Waals surface area contributed by atoms with Crippen LogP contribution in [0.15, 0.2) is 30.3 Å². The van der Waals surface area contributed by atoms with Gasteiger partial charge in [0, 0.05) is 5.56 Å². The topological polar surface area (TPSA) is 64.3 Å². The molecular formula is C14H11F3N2O2. The lowest BCUT2D eigenvalue weighted by atomic mass is 10.1. The summed E-state index contributed by atoms with van der Waals surface area (Å²) in [6.45, 7) is 0. The van der Waals surface area contributed by atoms with E-state index in [4.69, 9.17) is 10.5 Å². The van der Waals surface area contributed by atoms with E-state index in [1.807, 2.05) is 0 Å². The van der Waals surface area contributed by atoms with Crippen LogP contribution in [0.3, 0.4) is 0 Å². The molecule has 0 atom stereocenters. The summed E-state index contributed by atoms with van der Waals surface area (Å²) in [6, 6.07) is 5.40. The molecule has 2 aromatic carbocycles. The Morgan fingerprint density at radius 3 is 2.48 bits per heavy atom. The number of nitrogens with two attached hydrogens (primary N) is 1. The van der Waals surface area contributed by atoms with Gasteiger partial charge < -0.3 is 15.8 Å². The average Bonchev–Trinajstić information content (AvgIpc) is 2.47. The van der Waals surface area contributed by atoms with Crippen molar-refractivity contribution in [3.8, 4) is 5.75 Å². The summed E-state index contributed by atoms with van der Waals surface area (Å²) in [4.78, 5) is 11.9. The van der Waals surface area contributed by atoms with Gasteiger partial charge in [-0.2, -0.15) is 0 Å². The highest BCUT2D eigenvalue weighted by Gasteiger charge is 2.16. The lowest BCUT2D eigenvalue weighted by Gasteiger charge is -2.10. The minimum absolute atomic E-state index is 0.0389. The quantitative estimate of drug-likeness (QED) is 0.856. The van der Waals surface area contributed by atoms with Gasteiger partial charge in [0.15, 0.2) is 23.2 Å². The Labute approximate surface area is 118 Å². The van der Waals surface area contributed by atoms with Crippen LogP contribution in [0, 0.1) is 17.5 Å². The molecule has 2 aromatic rings. The molecule has 4 nitrogen and oxygen atoms in total. The Hall–Kier alpha value is -2.70. The van der Waals surface area contributed by atoms with Gasteiger partial charge in [-0.3, -0.25) is 4.79 Å². The van der Waals surface area contributed by atoms with E-state index in [0.29, 0.717) is 0 Å². The van der Waals surface area contributed by atoms with Crippen LogP contribution in [0.5, 0.6) is 5.75 Å². The molecular weight excluding hydrogens is 285 g/mol. The van der Waals surface area contributed by atoms with E-state index in [0.717, 1.165) is 18.2 Å². The number of nitrogen functional groups attached to an aromatic ring is 1. The van der Waals surface area contributed by atoms with Crippen LogP contribution >= 0.6 is 0 Å². The summed E-state index contributed by atoms with van der Waals surface area (Å²) in [5.41, 5.74) is 4.76. The minimum Gasteiger partial charge on any atom is -0.494 e. The SMILES string of the molecule is COc1ccc(C(=O)Nc2c(N)ccc(F)c2F)cc1F. The molecule has 3 N–H and O–H groups in total. The number of halogens is 3. The maximum atomic E-state index is 13.6. The molecule has 0 radical (unpaired) electrons. The van der Waals surface area contributed by atoms with Gasteiger partial charge in [-0.15, -0.1) is 0 Å². The van der Waals surface area contributed by atoms with Gasteiger partial charge in [-0.1, -0.05) is 0 Å². The van der Waals surface area contributed by atoms with E-state index in [1.165, 1.54) is 19.2 Å². The van der Waals surface area contributed by atoms with Crippen LogP contribution in [0.4, 0.5) is 24.5 Å². The smallest absolute Gasteiger partial charge is 0.255 e. The number of hydrogen-bond donors (Lipinski definition) is 2. The monoisotopic (exact) mass is 296 g/mol. The molecule has 0 aliphatic rings. The molecule has 1 amide bonds. The summed E-state index contributed by atoms with van der Waals surface area (Å²) in [6.07, 6.45) is 0. The van der Waals surface area contributed by atoms with Crippen molar-refractivity contribution in [2.24, 2.45) is 0 Å².